The summed E-state index contributed by atoms with van der Waals surface area (Å²) in [5.41, 5.74) is 39.8. The molecule has 2 aromatic heterocycles. The highest BCUT2D eigenvalue weighted by atomic mass is 15.2. The Balaban J connectivity index is 0.000000145. The van der Waals surface area contributed by atoms with Gasteiger partial charge in [0.1, 0.15) is 0 Å². The molecule has 0 aliphatic heterocycles. The van der Waals surface area contributed by atoms with E-state index in [-0.39, 0.29) is 0 Å². The number of benzene rings is 25. The Morgan fingerprint density at radius 2 is 0.417 bits per heavy atom. The standard InChI is InChI=1S/C79H50N2.C61H42N2/c1-2-21-55(22-3-1)81-75-36-17-13-27-65(75)70-50-58(46-48-76(70)81)80(56-42-37-52(38-43-56)60-32-18-20-51-19-4-5-23-59(51)60)57-44-39-53(40-45-57)77-66-28-6-8-30-68(66)78(69-31-9-7-29-67(69)77)54-41-47-64-63-26-12-16-35-73(63)79(74(64)49-54)71-33-14-10-24-61(71)62-25-11-15-34-72(62)79;1-41-26-28-44(29-27-41)60-53-20-7-9-22-55(53)61(56-23-10-8-21-54(56)60)45-32-36-48(37-33-45)62(47-34-30-43(31-35-47)51-24-13-15-42-14-5-6-18-50(42)51)49-38-39-59-57(40-49)52-19-11-12-25-58(52)63(59)46-16-3-2-4-17-46/h1-50H;2-40H,1H3. The van der Waals surface area contributed by atoms with Crippen LogP contribution in [0.3, 0.4) is 0 Å². The second-order valence-electron chi connectivity index (χ2n) is 38.4. The highest BCUT2D eigenvalue weighted by molar-refractivity contribution is 6.24. The van der Waals surface area contributed by atoms with Crippen molar-refractivity contribution in [2.24, 2.45) is 0 Å². The topological polar surface area (TPSA) is 16.3 Å². The van der Waals surface area contributed by atoms with E-state index in [9.17, 15) is 0 Å². The van der Waals surface area contributed by atoms with Gasteiger partial charge in [-0.1, -0.05) is 418 Å². The summed E-state index contributed by atoms with van der Waals surface area (Å²) in [5, 5.41) is 19.8. The summed E-state index contributed by atoms with van der Waals surface area (Å²) in [6.07, 6.45) is 0. The van der Waals surface area contributed by atoms with Crippen LogP contribution in [-0.2, 0) is 5.41 Å². The fourth-order valence-corrected chi connectivity index (χ4v) is 24.4. The summed E-state index contributed by atoms with van der Waals surface area (Å²) in [6.45, 7) is 2.15. The maximum atomic E-state index is 2.54. The molecule has 0 radical (unpaired) electrons. The highest BCUT2D eigenvalue weighted by Gasteiger charge is 2.52. The molecule has 0 atom stereocenters. The average Bonchev–Trinajstić information content (AvgIpc) is 1.50. The van der Waals surface area contributed by atoms with E-state index in [1.807, 2.05) is 0 Å². The van der Waals surface area contributed by atoms with Crippen LogP contribution in [0.5, 0.6) is 0 Å². The minimum Gasteiger partial charge on any atom is -0.310 e. The second-order valence-corrected chi connectivity index (χ2v) is 38.4. The SMILES string of the molecule is Cc1ccc(-c2c3ccccc3c(-c3ccc(N(c4ccc(-c5cccc6ccccc56)cc4)c4ccc5c(c4)c4ccccc4n5-c4ccccc4)cc3)c3ccccc23)cc1.c1ccc(-n2c3ccccc3c3cc(N(c4ccc(-c5cccc6ccccc56)cc4)c4ccc(-c5c6ccccc6c(-c6ccc7c(c6)C6(c8ccccc8-c8ccccc86)c6ccccc6-7)c6ccccc56)cc4)ccc32)cc1. The number of rotatable bonds is 14. The molecule has 4 heteroatoms. The number of para-hydroxylation sites is 4. The summed E-state index contributed by atoms with van der Waals surface area (Å²) >= 11 is 0. The Morgan fingerprint density at radius 1 is 0.160 bits per heavy atom. The van der Waals surface area contributed by atoms with Crippen LogP contribution in [0.15, 0.2) is 540 Å². The lowest BCUT2D eigenvalue weighted by molar-refractivity contribution is 0.794. The van der Waals surface area contributed by atoms with Gasteiger partial charge in [0.2, 0.25) is 0 Å². The first-order chi connectivity index (χ1) is 71.4. The van der Waals surface area contributed by atoms with Gasteiger partial charge in [-0.2, -0.15) is 0 Å². The van der Waals surface area contributed by atoms with Gasteiger partial charge in [0.25, 0.3) is 0 Å². The van der Waals surface area contributed by atoms with E-state index >= 15 is 0 Å². The smallest absolute Gasteiger partial charge is 0.0725 e. The Labute approximate surface area is 835 Å². The largest absolute Gasteiger partial charge is 0.310 e. The van der Waals surface area contributed by atoms with Gasteiger partial charge < -0.3 is 18.9 Å². The number of anilines is 6. The zero-order valence-electron chi connectivity index (χ0n) is 79.2. The number of hydrogen-bond donors (Lipinski definition) is 0. The highest BCUT2D eigenvalue weighted by Crippen LogP contribution is 2.64. The van der Waals surface area contributed by atoms with Crippen LogP contribution in [0.1, 0.15) is 27.8 Å². The average molecular weight is 1830 g/mol. The Hall–Kier alpha value is -18.7. The van der Waals surface area contributed by atoms with Crippen LogP contribution in [0.4, 0.5) is 34.1 Å². The molecule has 144 heavy (non-hydrogen) atoms. The van der Waals surface area contributed by atoms with Crippen molar-refractivity contribution in [1.82, 2.24) is 9.13 Å². The third-order valence-electron chi connectivity index (χ3n) is 30.6. The molecule has 25 aromatic carbocycles. The van der Waals surface area contributed by atoms with Gasteiger partial charge in [-0.15, -0.1) is 0 Å². The molecular weight excluding hydrogens is 1740 g/mol. The summed E-state index contributed by atoms with van der Waals surface area (Å²) < 4.78 is 4.77. The fourth-order valence-electron chi connectivity index (χ4n) is 24.4. The van der Waals surface area contributed by atoms with Gasteiger partial charge in [-0.3, -0.25) is 0 Å². The summed E-state index contributed by atoms with van der Waals surface area (Å²) in [4.78, 5) is 4.82. The lowest BCUT2D eigenvalue weighted by Crippen LogP contribution is -2.25. The van der Waals surface area contributed by atoms with Crippen LogP contribution < -0.4 is 9.80 Å². The minimum atomic E-state index is -0.429. The predicted octanol–water partition coefficient (Wildman–Crippen LogP) is 38.1. The van der Waals surface area contributed by atoms with Crippen molar-refractivity contribution in [2.75, 3.05) is 9.80 Å². The van der Waals surface area contributed by atoms with E-state index in [1.54, 1.807) is 0 Å². The molecule has 0 fully saturated rings. The van der Waals surface area contributed by atoms with Crippen molar-refractivity contribution in [3.05, 3.63) is 568 Å². The number of hydrogen-bond acceptors (Lipinski definition) is 2. The molecule has 29 rings (SSSR count). The molecule has 2 aliphatic carbocycles. The molecule has 2 aliphatic rings. The maximum absolute atomic E-state index is 2.54. The molecule has 0 unspecified atom stereocenters. The van der Waals surface area contributed by atoms with Crippen LogP contribution in [0, 0.1) is 6.92 Å². The number of fused-ring (bicyclic) bond motifs is 22. The minimum absolute atomic E-state index is 0.429. The van der Waals surface area contributed by atoms with Crippen molar-refractivity contribution in [3.8, 4) is 100 Å². The molecule has 2 heterocycles. The van der Waals surface area contributed by atoms with Gasteiger partial charge in [0.05, 0.1) is 27.5 Å². The van der Waals surface area contributed by atoms with Crippen molar-refractivity contribution in [2.45, 2.75) is 12.3 Å². The zero-order valence-corrected chi connectivity index (χ0v) is 79.2. The molecule has 0 saturated heterocycles. The normalized spacial score (nSPS) is 12.3. The summed E-state index contributed by atoms with van der Waals surface area (Å²) in [7, 11) is 0. The zero-order chi connectivity index (χ0) is 95.0. The third kappa shape index (κ3) is 13.4. The van der Waals surface area contributed by atoms with Crippen LogP contribution >= 0.6 is 0 Å². The number of aryl methyl sites for hydroxylation is 1. The molecule has 0 N–H and O–H groups in total. The number of aromatic nitrogens is 2. The first-order valence-electron chi connectivity index (χ1n) is 49.9. The van der Waals surface area contributed by atoms with E-state index in [4.69, 9.17) is 0 Å². The Bertz CT molecular complexity index is 9630. The maximum Gasteiger partial charge on any atom is 0.0725 e. The van der Waals surface area contributed by atoms with Gasteiger partial charge >= 0.3 is 0 Å². The molecule has 27 aromatic rings. The fraction of sp³-hybridized carbons (Fsp3) is 0.0143. The first-order valence-corrected chi connectivity index (χ1v) is 49.9. The molecule has 0 bridgehead atoms. The molecule has 4 nitrogen and oxygen atoms in total. The van der Waals surface area contributed by atoms with Crippen LogP contribution in [0.25, 0.3) is 209 Å². The summed E-state index contributed by atoms with van der Waals surface area (Å²) in [5.74, 6) is 0. The monoisotopic (exact) mass is 1830 g/mol. The Morgan fingerprint density at radius 3 is 0.785 bits per heavy atom. The molecule has 0 saturated carbocycles. The first kappa shape index (κ1) is 83.4. The summed E-state index contributed by atoms with van der Waals surface area (Å²) in [6, 6.07) is 200. The van der Waals surface area contributed by atoms with Crippen molar-refractivity contribution < 1.29 is 0 Å². The van der Waals surface area contributed by atoms with E-state index in [0.29, 0.717) is 0 Å². The second kappa shape index (κ2) is 34.1. The van der Waals surface area contributed by atoms with Crippen molar-refractivity contribution in [1.29, 1.82) is 0 Å². The molecular formula is C140H92N4. The lowest BCUT2D eigenvalue weighted by atomic mass is 9.70. The van der Waals surface area contributed by atoms with E-state index in [1.165, 1.54) is 225 Å². The lowest BCUT2D eigenvalue weighted by Gasteiger charge is -2.31. The van der Waals surface area contributed by atoms with Crippen LogP contribution in [0.2, 0.25) is 0 Å². The van der Waals surface area contributed by atoms with Crippen molar-refractivity contribution in [3.63, 3.8) is 0 Å². The van der Waals surface area contributed by atoms with Crippen molar-refractivity contribution >= 4 is 142 Å². The molecule has 0 amide bonds. The van der Waals surface area contributed by atoms with Gasteiger partial charge in [-0.25, -0.2) is 0 Å². The van der Waals surface area contributed by atoms with Crippen LogP contribution in [-0.4, -0.2) is 9.13 Å². The van der Waals surface area contributed by atoms with Gasteiger partial charge in [0, 0.05) is 67.0 Å². The number of nitrogens with zero attached hydrogens (tertiary/aromatic N) is 4. The van der Waals surface area contributed by atoms with Gasteiger partial charge in [0.15, 0.2) is 0 Å². The molecule has 672 valence electrons. The predicted molar refractivity (Wildman–Crippen MR) is 610 cm³/mol. The quantitative estimate of drug-likeness (QED) is 0.101. The van der Waals surface area contributed by atoms with Gasteiger partial charge in [-0.05, 0) is 310 Å². The Kier molecular flexibility index (Phi) is 19.8. The van der Waals surface area contributed by atoms with E-state index in [2.05, 4.69) is 566 Å². The van der Waals surface area contributed by atoms with E-state index < -0.39 is 5.41 Å². The molecule has 1 spiro atoms. The third-order valence-corrected chi connectivity index (χ3v) is 30.6. The van der Waals surface area contributed by atoms with E-state index in [0.717, 1.165) is 45.5 Å².